The van der Waals surface area contributed by atoms with E-state index >= 15 is 0 Å². The molecule has 1 heterocycles. The third-order valence-electron chi connectivity index (χ3n) is 1.76. The van der Waals surface area contributed by atoms with Crippen LogP contribution in [-0.2, 0) is 13.0 Å². The van der Waals surface area contributed by atoms with Crippen LogP contribution in [-0.4, -0.2) is 9.78 Å². The van der Waals surface area contributed by atoms with E-state index in [1.54, 1.807) is 0 Å². The van der Waals surface area contributed by atoms with Crippen molar-refractivity contribution in [2.45, 2.75) is 26.8 Å². The minimum atomic E-state index is 0.448. The van der Waals surface area contributed by atoms with Gasteiger partial charge in [-0.1, -0.05) is 6.92 Å². The van der Waals surface area contributed by atoms with Crippen LogP contribution in [0.2, 0.25) is 0 Å². The molecule has 1 aromatic heterocycles. The molecule has 0 aromatic carbocycles. The molecule has 0 unspecified atom stereocenters. The van der Waals surface area contributed by atoms with Crippen LogP contribution >= 0.6 is 0 Å². The maximum atomic E-state index is 5.68. The van der Waals surface area contributed by atoms with Crippen LogP contribution in [0.15, 0.2) is 0 Å². The largest absolute Gasteiger partial charge is 0.394 e. The summed E-state index contributed by atoms with van der Waals surface area (Å²) in [5.41, 5.74) is 12.9. The van der Waals surface area contributed by atoms with Gasteiger partial charge < -0.3 is 11.5 Å². The summed E-state index contributed by atoms with van der Waals surface area (Å²) >= 11 is 0. The lowest BCUT2D eigenvalue weighted by Crippen LogP contribution is -2.02. The minimum absolute atomic E-state index is 0.448. The van der Waals surface area contributed by atoms with E-state index in [1.165, 1.54) is 0 Å². The zero-order valence-corrected chi connectivity index (χ0v) is 6.96. The van der Waals surface area contributed by atoms with Gasteiger partial charge in [0.2, 0.25) is 0 Å². The van der Waals surface area contributed by atoms with E-state index in [2.05, 4.69) is 5.10 Å². The van der Waals surface area contributed by atoms with Crippen molar-refractivity contribution in [1.82, 2.24) is 9.78 Å². The number of hydrogen-bond acceptors (Lipinski definition) is 3. The van der Waals surface area contributed by atoms with E-state index in [4.69, 9.17) is 11.5 Å². The van der Waals surface area contributed by atoms with Gasteiger partial charge in [-0.25, -0.2) is 0 Å². The number of anilines is 2. The van der Waals surface area contributed by atoms with Crippen LogP contribution in [0.5, 0.6) is 0 Å². The lowest BCUT2D eigenvalue weighted by atomic mass is 10.3. The van der Waals surface area contributed by atoms with Crippen LogP contribution in [0.3, 0.4) is 0 Å². The predicted octanol–water partition coefficient (Wildman–Crippen LogP) is 0.630. The average molecular weight is 154 g/mol. The SMILES string of the molecule is CCc1c(N)c(N)nn1CC. The fourth-order valence-electron chi connectivity index (χ4n) is 1.17. The standard InChI is InChI=1S/C7H14N4/c1-3-5-6(8)7(9)10-11(5)4-2/h3-4,8H2,1-2H3,(H2,9,10). The summed E-state index contributed by atoms with van der Waals surface area (Å²) in [5.74, 6) is 0.448. The van der Waals surface area contributed by atoms with E-state index in [1.807, 2.05) is 18.5 Å². The Morgan fingerprint density at radius 1 is 1.36 bits per heavy atom. The number of hydrogen-bond donors (Lipinski definition) is 2. The van der Waals surface area contributed by atoms with Gasteiger partial charge in [0, 0.05) is 6.54 Å². The summed E-state index contributed by atoms with van der Waals surface area (Å²) in [7, 11) is 0. The molecule has 62 valence electrons. The van der Waals surface area contributed by atoms with E-state index in [0.717, 1.165) is 18.7 Å². The summed E-state index contributed by atoms with van der Waals surface area (Å²) in [5, 5.41) is 4.07. The second-order valence-corrected chi connectivity index (χ2v) is 2.41. The highest BCUT2D eigenvalue weighted by Gasteiger charge is 2.08. The van der Waals surface area contributed by atoms with Crippen LogP contribution in [0.4, 0.5) is 11.5 Å². The van der Waals surface area contributed by atoms with Gasteiger partial charge in [0.15, 0.2) is 5.82 Å². The number of nitrogens with zero attached hydrogens (tertiary/aromatic N) is 2. The Kier molecular flexibility index (Phi) is 2.03. The molecule has 0 aliphatic heterocycles. The molecule has 0 fully saturated rings. The normalized spacial score (nSPS) is 10.4. The zero-order chi connectivity index (χ0) is 8.43. The summed E-state index contributed by atoms with van der Waals surface area (Å²) < 4.78 is 1.84. The Morgan fingerprint density at radius 3 is 2.36 bits per heavy atom. The lowest BCUT2D eigenvalue weighted by Gasteiger charge is -2.00. The topological polar surface area (TPSA) is 69.9 Å². The number of nitrogens with two attached hydrogens (primary N) is 2. The van der Waals surface area contributed by atoms with Gasteiger partial charge in [0.05, 0.1) is 11.4 Å². The molecular weight excluding hydrogens is 140 g/mol. The van der Waals surface area contributed by atoms with Crippen molar-refractivity contribution < 1.29 is 0 Å². The molecule has 11 heavy (non-hydrogen) atoms. The molecule has 0 bridgehead atoms. The smallest absolute Gasteiger partial charge is 0.169 e. The van der Waals surface area contributed by atoms with Crippen molar-refractivity contribution in [3.63, 3.8) is 0 Å². The minimum Gasteiger partial charge on any atom is -0.394 e. The first-order chi connectivity index (χ1) is 5.20. The molecule has 4 N–H and O–H groups in total. The van der Waals surface area contributed by atoms with E-state index < -0.39 is 0 Å². The molecule has 0 amide bonds. The van der Waals surface area contributed by atoms with Crippen LogP contribution in [0, 0.1) is 0 Å². The molecular formula is C7H14N4. The molecule has 0 spiro atoms. The zero-order valence-electron chi connectivity index (χ0n) is 6.96. The molecule has 4 heteroatoms. The van der Waals surface area contributed by atoms with E-state index in [9.17, 15) is 0 Å². The molecule has 0 saturated heterocycles. The summed E-state index contributed by atoms with van der Waals surface area (Å²) in [4.78, 5) is 0. The van der Waals surface area contributed by atoms with E-state index in [-0.39, 0.29) is 0 Å². The molecule has 0 saturated carbocycles. The Morgan fingerprint density at radius 2 is 2.00 bits per heavy atom. The van der Waals surface area contributed by atoms with Crippen molar-refractivity contribution in [3.8, 4) is 0 Å². The Bertz CT molecular complexity index is 251. The highest BCUT2D eigenvalue weighted by atomic mass is 15.3. The second kappa shape index (κ2) is 2.82. The number of rotatable bonds is 2. The first-order valence-electron chi connectivity index (χ1n) is 3.81. The van der Waals surface area contributed by atoms with Crippen molar-refractivity contribution >= 4 is 11.5 Å². The monoisotopic (exact) mass is 154 g/mol. The van der Waals surface area contributed by atoms with Crippen LogP contribution in [0.25, 0.3) is 0 Å². The third-order valence-corrected chi connectivity index (χ3v) is 1.76. The number of aromatic nitrogens is 2. The summed E-state index contributed by atoms with van der Waals surface area (Å²) in [6.07, 6.45) is 0.879. The van der Waals surface area contributed by atoms with Gasteiger partial charge in [-0.3, -0.25) is 4.68 Å². The number of aryl methyl sites for hydroxylation is 1. The first kappa shape index (κ1) is 7.91. The third kappa shape index (κ3) is 1.15. The van der Waals surface area contributed by atoms with Gasteiger partial charge in [0.25, 0.3) is 0 Å². The Hall–Kier alpha value is -1.19. The second-order valence-electron chi connectivity index (χ2n) is 2.41. The van der Waals surface area contributed by atoms with Crippen molar-refractivity contribution in [2.24, 2.45) is 0 Å². The van der Waals surface area contributed by atoms with Crippen molar-refractivity contribution in [3.05, 3.63) is 5.69 Å². The van der Waals surface area contributed by atoms with Crippen LogP contribution in [0.1, 0.15) is 19.5 Å². The Labute approximate surface area is 66.2 Å². The molecule has 1 rings (SSSR count). The quantitative estimate of drug-likeness (QED) is 0.656. The maximum absolute atomic E-state index is 5.68. The van der Waals surface area contributed by atoms with E-state index in [0.29, 0.717) is 11.5 Å². The van der Waals surface area contributed by atoms with Crippen LogP contribution < -0.4 is 11.5 Å². The maximum Gasteiger partial charge on any atom is 0.169 e. The molecule has 4 nitrogen and oxygen atoms in total. The molecule has 1 aromatic rings. The van der Waals surface area contributed by atoms with Gasteiger partial charge >= 0.3 is 0 Å². The van der Waals surface area contributed by atoms with Gasteiger partial charge in [-0.05, 0) is 13.3 Å². The molecule has 0 aliphatic carbocycles. The summed E-state index contributed by atoms with van der Waals surface area (Å²) in [6, 6.07) is 0. The molecule has 0 atom stereocenters. The average Bonchev–Trinajstić information content (AvgIpc) is 2.28. The summed E-state index contributed by atoms with van der Waals surface area (Å²) in [6.45, 7) is 4.88. The van der Waals surface area contributed by atoms with Gasteiger partial charge in [-0.15, -0.1) is 0 Å². The van der Waals surface area contributed by atoms with Gasteiger partial charge in [0.1, 0.15) is 0 Å². The Balaban J connectivity index is 3.15. The predicted molar refractivity (Wildman–Crippen MR) is 46.1 cm³/mol. The first-order valence-corrected chi connectivity index (χ1v) is 3.81. The lowest BCUT2D eigenvalue weighted by molar-refractivity contribution is 0.629. The van der Waals surface area contributed by atoms with Crippen molar-refractivity contribution in [2.75, 3.05) is 11.5 Å². The van der Waals surface area contributed by atoms with Crippen molar-refractivity contribution in [1.29, 1.82) is 0 Å². The molecule has 0 aliphatic rings. The fraction of sp³-hybridized carbons (Fsp3) is 0.571. The number of nitrogen functional groups attached to an aromatic ring is 2. The highest BCUT2D eigenvalue weighted by molar-refractivity contribution is 5.61. The van der Waals surface area contributed by atoms with Gasteiger partial charge in [-0.2, -0.15) is 5.10 Å². The highest BCUT2D eigenvalue weighted by Crippen LogP contribution is 2.18. The fourth-order valence-corrected chi connectivity index (χ4v) is 1.17. The molecule has 0 radical (unpaired) electrons.